The van der Waals surface area contributed by atoms with Crippen molar-refractivity contribution in [2.45, 2.75) is 111 Å². The molecule has 1 aromatic rings. The molecule has 0 aliphatic heterocycles. The van der Waals surface area contributed by atoms with Crippen molar-refractivity contribution in [3.63, 3.8) is 0 Å². The van der Waals surface area contributed by atoms with Crippen molar-refractivity contribution < 1.29 is 14.5 Å². The average molecular weight is 536 g/mol. The lowest BCUT2D eigenvalue weighted by atomic mass is 9.47. The van der Waals surface area contributed by atoms with Gasteiger partial charge in [0.1, 0.15) is 6.10 Å². The molecule has 0 aromatic heterocycles. The van der Waals surface area contributed by atoms with Gasteiger partial charge in [0, 0.05) is 18.6 Å². The van der Waals surface area contributed by atoms with E-state index in [9.17, 15) is 14.9 Å². The van der Waals surface area contributed by atoms with Gasteiger partial charge in [0.15, 0.2) is 0 Å². The Bertz CT molecular complexity index is 1090. The molecule has 4 aliphatic carbocycles. The first-order valence-corrected chi connectivity index (χ1v) is 15.7. The summed E-state index contributed by atoms with van der Waals surface area (Å²) >= 11 is 0. The van der Waals surface area contributed by atoms with Crippen molar-refractivity contribution in [2.24, 2.45) is 46.3 Å². The lowest BCUT2D eigenvalue weighted by Gasteiger charge is -2.58. The van der Waals surface area contributed by atoms with E-state index in [0.29, 0.717) is 11.0 Å². The first-order valence-electron chi connectivity index (χ1n) is 15.7. The number of allylic oxidation sites excluding steroid dienone is 1. The summed E-state index contributed by atoms with van der Waals surface area (Å²) in [6.07, 6.45) is 16.1. The van der Waals surface area contributed by atoms with Gasteiger partial charge in [-0.25, -0.2) is 4.79 Å². The number of hydrogen-bond acceptors (Lipinski definition) is 4. The minimum Gasteiger partial charge on any atom is -0.458 e. The van der Waals surface area contributed by atoms with E-state index in [1.54, 1.807) is 0 Å². The summed E-state index contributed by atoms with van der Waals surface area (Å²) in [7, 11) is 0. The number of carbonyl (C=O) groups is 1. The quantitative estimate of drug-likeness (QED) is 0.144. The Morgan fingerprint density at radius 3 is 2.46 bits per heavy atom. The van der Waals surface area contributed by atoms with Crippen LogP contribution in [0.2, 0.25) is 0 Å². The summed E-state index contributed by atoms with van der Waals surface area (Å²) < 4.78 is 5.93. The number of fused-ring (bicyclic) bond motifs is 5. The molecule has 5 rings (SSSR count). The molecule has 3 unspecified atom stereocenters. The van der Waals surface area contributed by atoms with Crippen LogP contribution in [0.25, 0.3) is 0 Å². The Morgan fingerprint density at radius 1 is 1.03 bits per heavy atom. The average Bonchev–Trinajstić information content (AvgIpc) is 3.26. The molecule has 8 atom stereocenters. The summed E-state index contributed by atoms with van der Waals surface area (Å²) in [6, 6.07) is 5.73. The highest BCUT2D eigenvalue weighted by Gasteiger charge is 2.59. The molecule has 3 fully saturated rings. The number of nitrogens with zero attached hydrogens (tertiary/aromatic N) is 1. The van der Waals surface area contributed by atoms with Crippen LogP contribution in [0.5, 0.6) is 0 Å². The smallest absolute Gasteiger partial charge is 0.338 e. The lowest BCUT2D eigenvalue weighted by molar-refractivity contribution is -0.384. The number of carbonyl (C=O) groups excluding carboxylic acids is 1. The topological polar surface area (TPSA) is 69.4 Å². The van der Waals surface area contributed by atoms with Gasteiger partial charge in [0.2, 0.25) is 0 Å². The molecule has 0 spiro atoms. The van der Waals surface area contributed by atoms with Gasteiger partial charge in [-0.3, -0.25) is 10.1 Å². The summed E-state index contributed by atoms with van der Waals surface area (Å²) in [4.78, 5) is 23.3. The number of non-ortho nitro benzene ring substituents is 1. The van der Waals surface area contributed by atoms with Gasteiger partial charge in [-0.2, -0.15) is 0 Å². The minimum atomic E-state index is -0.450. The highest BCUT2D eigenvalue weighted by molar-refractivity contribution is 5.89. The number of rotatable bonds is 8. The molecule has 4 aliphatic rings. The lowest BCUT2D eigenvalue weighted by Crippen LogP contribution is -2.51. The standard InChI is InChI=1S/C34H49NO4/c1-22(2)7-6-8-23(3)29-15-16-30-28-14-11-25-21-27(17-19-33(25,4)31(28)18-20-34(29,30)5)39-32(36)24-9-12-26(13-10-24)35(37)38/h9-13,22-23,27-31H,6-8,14-21H2,1-5H3/t23-,27+,28?,29-,30?,31?,33+,34-/m1/s1. The highest BCUT2D eigenvalue weighted by Crippen LogP contribution is 2.67. The number of benzene rings is 1. The molecular formula is C34H49NO4. The normalized spacial score (nSPS) is 36.4. The van der Waals surface area contributed by atoms with E-state index >= 15 is 0 Å². The maximum atomic E-state index is 12.8. The Morgan fingerprint density at radius 2 is 1.77 bits per heavy atom. The molecule has 0 saturated heterocycles. The van der Waals surface area contributed by atoms with Crippen LogP contribution < -0.4 is 0 Å². The van der Waals surface area contributed by atoms with Crippen LogP contribution in [0.15, 0.2) is 35.9 Å². The molecule has 0 heterocycles. The van der Waals surface area contributed by atoms with E-state index in [4.69, 9.17) is 4.74 Å². The van der Waals surface area contributed by atoms with Crippen molar-refractivity contribution in [1.82, 2.24) is 0 Å². The molecule has 5 nitrogen and oxygen atoms in total. The second kappa shape index (κ2) is 11.0. The fourth-order valence-electron chi connectivity index (χ4n) is 9.69. The van der Waals surface area contributed by atoms with Crippen LogP contribution in [0.4, 0.5) is 5.69 Å². The van der Waals surface area contributed by atoms with Crippen LogP contribution in [0.1, 0.15) is 116 Å². The van der Waals surface area contributed by atoms with Crippen molar-refractivity contribution >= 4 is 11.7 Å². The monoisotopic (exact) mass is 535 g/mol. The van der Waals surface area contributed by atoms with Gasteiger partial charge in [-0.05, 0) is 103 Å². The number of nitro groups is 1. The van der Waals surface area contributed by atoms with Gasteiger partial charge >= 0.3 is 5.97 Å². The molecule has 0 radical (unpaired) electrons. The van der Waals surface area contributed by atoms with Crippen LogP contribution in [0.3, 0.4) is 0 Å². The van der Waals surface area contributed by atoms with Gasteiger partial charge in [-0.1, -0.05) is 65.5 Å². The van der Waals surface area contributed by atoms with E-state index < -0.39 is 4.92 Å². The predicted octanol–water partition coefficient (Wildman–Crippen LogP) is 9.16. The van der Waals surface area contributed by atoms with E-state index in [-0.39, 0.29) is 23.2 Å². The Labute approximate surface area is 235 Å². The highest BCUT2D eigenvalue weighted by atomic mass is 16.6. The van der Waals surface area contributed by atoms with E-state index in [0.717, 1.165) is 54.8 Å². The van der Waals surface area contributed by atoms with E-state index in [2.05, 4.69) is 40.7 Å². The summed E-state index contributed by atoms with van der Waals surface area (Å²) in [5.41, 5.74) is 2.60. The van der Waals surface area contributed by atoms with Gasteiger partial charge in [-0.15, -0.1) is 0 Å². The van der Waals surface area contributed by atoms with Crippen LogP contribution in [0, 0.1) is 56.5 Å². The first-order chi connectivity index (χ1) is 18.5. The molecule has 5 heteroatoms. The Hall–Kier alpha value is -2.17. The summed E-state index contributed by atoms with van der Waals surface area (Å²) in [5, 5.41) is 10.9. The molecule has 0 bridgehead atoms. The molecule has 0 N–H and O–H groups in total. The van der Waals surface area contributed by atoms with Gasteiger partial charge in [0.25, 0.3) is 5.69 Å². The molecule has 39 heavy (non-hydrogen) atoms. The summed E-state index contributed by atoms with van der Waals surface area (Å²) in [6.45, 7) is 12.4. The van der Waals surface area contributed by atoms with Gasteiger partial charge in [0.05, 0.1) is 10.5 Å². The molecular weight excluding hydrogens is 486 g/mol. The first kappa shape index (κ1) is 28.4. The van der Waals surface area contributed by atoms with E-state index in [1.807, 2.05) is 0 Å². The third-order valence-electron chi connectivity index (χ3n) is 11.8. The van der Waals surface area contributed by atoms with Gasteiger partial charge < -0.3 is 4.74 Å². The SMILES string of the molecule is CC(C)CCC[C@@H](C)[C@H]1CCC2C3CC=C4C[C@@H](OC(=O)c5ccc([N+](=O)[O-])cc5)CC[C@]4(C)C3CC[C@@]21C. The summed E-state index contributed by atoms with van der Waals surface area (Å²) in [5.74, 6) is 4.54. The number of esters is 1. The zero-order valence-corrected chi connectivity index (χ0v) is 24.8. The van der Waals surface area contributed by atoms with Crippen molar-refractivity contribution in [3.8, 4) is 0 Å². The van der Waals surface area contributed by atoms with Crippen molar-refractivity contribution in [3.05, 3.63) is 51.6 Å². The second-order valence-electron chi connectivity index (χ2n) is 14.4. The predicted molar refractivity (Wildman–Crippen MR) is 155 cm³/mol. The van der Waals surface area contributed by atoms with Crippen LogP contribution >= 0.6 is 0 Å². The molecule has 1 aromatic carbocycles. The largest absolute Gasteiger partial charge is 0.458 e. The van der Waals surface area contributed by atoms with Crippen LogP contribution in [-0.2, 0) is 4.74 Å². The molecule has 3 saturated carbocycles. The number of nitro benzene ring substituents is 1. The minimum absolute atomic E-state index is 0.0142. The fourth-order valence-corrected chi connectivity index (χ4v) is 9.69. The zero-order valence-electron chi connectivity index (χ0n) is 24.8. The van der Waals surface area contributed by atoms with Crippen LogP contribution in [-0.4, -0.2) is 17.0 Å². The van der Waals surface area contributed by atoms with E-state index in [1.165, 1.54) is 81.2 Å². The number of hydrogen-bond donors (Lipinski definition) is 0. The third kappa shape index (κ3) is 5.32. The zero-order chi connectivity index (χ0) is 27.9. The Balaban J connectivity index is 1.23. The maximum absolute atomic E-state index is 12.8. The van der Waals surface area contributed by atoms with Crippen molar-refractivity contribution in [1.29, 1.82) is 0 Å². The number of ether oxygens (including phenoxy) is 1. The molecule has 0 amide bonds. The fraction of sp³-hybridized carbons (Fsp3) is 0.735. The molecule has 214 valence electrons. The second-order valence-corrected chi connectivity index (χ2v) is 14.4. The maximum Gasteiger partial charge on any atom is 0.338 e. The Kier molecular flexibility index (Phi) is 8.01. The third-order valence-corrected chi connectivity index (χ3v) is 11.8. The van der Waals surface area contributed by atoms with Crippen molar-refractivity contribution in [2.75, 3.05) is 0 Å².